The summed E-state index contributed by atoms with van der Waals surface area (Å²) in [6.45, 7) is 6.01. The number of benzene rings is 1. The van der Waals surface area contributed by atoms with E-state index in [0.29, 0.717) is 0 Å². The van der Waals surface area contributed by atoms with Crippen LogP contribution in [0.3, 0.4) is 0 Å². The molecule has 2 aromatic rings. The van der Waals surface area contributed by atoms with Crippen molar-refractivity contribution in [2.45, 2.75) is 20.8 Å². The summed E-state index contributed by atoms with van der Waals surface area (Å²) in [5.74, 6) is 0.823. The Morgan fingerprint density at radius 1 is 0.933 bits per heavy atom. The monoisotopic (exact) mass is 198 g/mol. The predicted octanol–water partition coefficient (Wildman–Crippen LogP) is 3.07. The lowest BCUT2D eigenvalue weighted by Gasteiger charge is -2.05. The van der Waals surface area contributed by atoms with Crippen LogP contribution in [0, 0.1) is 20.8 Å². The van der Waals surface area contributed by atoms with Crippen molar-refractivity contribution in [3.8, 4) is 11.1 Å². The first kappa shape index (κ1) is 9.84. The summed E-state index contributed by atoms with van der Waals surface area (Å²) < 4.78 is 0. The molecule has 0 N–H and O–H groups in total. The second kappa shape index (κ2) is 3.81. The van der Waals surface area contributed by atoms with Crippen molar-refractivity contribution >= 4 is 0 Å². The first-order chi connectivity index (χ1) is 7.16. The highest BCUT2D eigenvalue weighted by Crippen LogP contribution is 2.21. The van der Waals surface area contributed by atoms with E-state index in [1.807, 2.05) is 20.0 Å². The van der Waals surface area contributed by atoms with Crippen LogP contribution in [-0.4, -0.2) is 9.97 Å². The van der Waals surface area contributed by atoms with Crippen LogP contribution in [0.15, 0.2) is 30.5 Å². The molecule has 15 heavy (non-hydrogen) atoms. The van der Waals surface area contributed by atoms with Crippen molar-refractivity contribution in [2.24, 2.45) is 0 Å². The predicted molar refractivity (Wildman–Crippen MR) is 61.7 cm³/mol. The molecule has 0 aliphatic rings. The van der Waals surface area contributed by atoms with Crippen LogP contribution in [0.4, 0.5) is 0 Å². The van der Waals surface area contributed by atoms with Gasteiger partial charge in [-0.05, 0) is 26.3 Å². The fourth-order valence-electron chi connectivity index (χ4n) is 1.60. The van der Waals surface area contributed by atoms with Crippen molar-refractivity contribution < 1.29 is 0 Å². The third-order valence-corrected chi connectivity index (χ3v) is 2.46. The molecule has 76 valence electrons. The van der Waals surface area contributed by atoms with Crippen LogP contribution in [-0.2, 0) is 0 Å². The third-order valence-electron chi connectivity index (χ3n) is 2.46. The summed E-state index contributed by atoms with van der Waals surface area (Å²) in [4.78, 5) is 8.59. The van der Waals surface area contributed by atoms with Crippen LogP contribution in [0.1, 0.15) is 17.1 Å². The molecule has 2 rings (SSSR count). The van der Waals surface area contributed by atoms with Gasteiger partial charge in [0.2, 0.25) is 0 Å². The average Bonchev–Trinajstić information content (AvgIpc) is 2.20. The molecule has 1 aromatic carbocycles. The lowest BCUT2D eigenvalue weighted by atomic mass is 10.0. The van der Waals surface area contributed by atoms with Crippen LogP contribution >= 0.6 is 0 Å². The van der Waals surface area contributed by atoms with E-state index in [1.54, 1.807) is 0 Å². The highest BCUT2D eigenvalue weighted by atomic mass is 14.9. The molecular formula is C13H14N2. The van der Waals surface area contributed by atoms with Crippen LogP contribution in [0.25, 0.3) is 11.1 Å². The lowest BCUT2D eigenvalue weighted by Crippen LogP contribution is -1.93. The van der Waals surface area contributed by atoms with Crippen molar-refractivity contribution in [1.29, 1.82) is 0 Å². The number of hydrogen-bond acceptors (Lipinski definition) is 2. The Hall–Kier alpha value is -1.70. The molecule has 0 aliphatic heterocycles. The molecular weight excluding hydrogens is 184 g/mol. The van der Waals surface area contributed by atoms with Gasteiger partial charge in [0, 0.05) is 17.5 Å². The molecule has 0 atom stereocenters. The van der Waals surface area contributed by atoms with E-state index in [4.69, 9.17) is 0 Å². The van der Waals surface area contributed by atoms with Gasteiger partial charge < -0.3 is 0 Å². The highest BCUT2D eigenvalue weighted by molar-refractivity contribution is 5.64. The van der Waals surface area contributed by atoms with Gasteiger partial charge in [-0.15, -0.1) is 0 Å². The van der Waals surface area contributed by atoms with Crippen LogP contribution in [0.2, 0.25) is 0 Å². The van der Waals surface area contributed by atoms with Crippen LogP contribution in [0.5, 0.6) is 0 Å². The second-order valence-electron chi connectivity index (χ2n) is 3.78. The maximum Gasteiger partial charge on any atom is 0.125 e. The summed E-state index contributed by atoms with van der Waals surface area (Å²) in [7, 11) is 0. The number of rotatable bonds is 1. The second-order valence-corrected chi connectivity index (χ2v) is 3.78. The molecule has 0 radical (unpaired) electrons. The molecule has 1 aromatic heterocycles. The zero-order valence-electron chi connectivity index (χ0n) is 9.28. The van der Waals surface area contributed by atoms with Gasteiger partial charge in [-0.3, -0.25) is 0 Å². The fourth-order valence-corrected chi connectivity index (χ4v) is 1.60. The summed E-state index contributed by atoms with van der Waals surface area (Å²) in [6, 6.07) is 8.43. The Morgan fingerprint density at radius 3 is 2.20 bits per heavy atom. The fraction of sp³-hybridized carbons (Fsp3) is 0.231. The molecule has 0 fully saturated rings. The third kappa shape index (κ3) is 2.04. The molecule has 1 heterocycles. The van der Waals surface area contributed by atoms with Gasteiger partial charge >= 0.3 is 0 Å². The molecule has 0 aliphatic carbocycles. The lowest BCUT2D eigenvalue weighted by molar-refractivity contribution is 1.01. The maximum atomic E-state index is 4.36. The Kier molecular flexibility index (Phi) is 2.50. The van der Waals surface area contributed by atoms with Gasteiger partial charge in [0.05, 0.1) is 0 Å². The minimum Gasteiger partial charge on any atom is -0.241 e. The molecule has 2 nitrogen and oxygen atoms in total. The van der Waals surface area contributed by atoms with Gasteiger partial charge in [0.25, 0.3) is 0 Å². The Morgan fingerprint density at radius 2 is 1.60 bits per heavy atom. The Labute approximate surface area is 90.0 Å². The smallest absolute Gasteiger partial charge is 0.125 e. The minimum absolute atomic E-state index is 0.823. The van der Waals surface area contributed by atoms with Crippen LogP contribution < -0.4 is 0 Å². The van der Waals surface area contributed by atoms with E-state index >= 15 is 0 Å². The van der Waals surface area contributed by atoms with Gasteiger partial charge in [-0.25, -0.2) is 9.97 Å². The first-order valence-electron chi connectivity index (χ1n) is 5.04. The molecule has 0 spiro atoms. The summed E-state index contributed by atoms with van der Waals surface area (Å²) in [5.41, 5.74) is 4.59. The summed E-state index contributed by atoms with van der Waals surface area (Å²) in [5, 5.41) is 0. The van der Waals surface area contributed by atoms with E-state index in [0.717, 1.165) is 17.1 Å². The number of aryl methyl sites for hydroxylation is 3. The SMILES string of the molecule is Cc1ccc(-c2cnc(C)nc2C)cc1. The van der Waals surface area contributed by atoms with Gasteiger partial charge in [-0.1, -0.05) is 29.8 Å². The van der Waals surface area contributed by atoms with Crippen molar-refractivity contribution in [3.05, 3.63) is 47.5 Å². The summed E-state index contributed by atoms with van der Waals surface area (Å²) in [6.07, 6.45) is 1.89. The minimum atomic E-state index is 0.823. The molecule has 0 bridgehead atoms. The molecule has 0 saturated carbocycles. The number of nitrogens with zero attached hydrogens (tertiary/aromatic N) is 2. The van der Waals surface area contributed by atoms with Gasteiger partial charge in [0.15, 0.2) is 0 Å². The molecule has 0 amide bonds. The van der Waals surface area contributed by atoms with Gasteiger partial charge in [-0.2, -0.15) is 0 Å². The average molecular weight is 198 g/mol. The van der Waals surface area contributed by atoms with E-state index in [9.17, 15) is 0 Å². The van der Waals surface area contributed by atoms with E-state index in [1.165, 1.54) is 11.1 Å². The van der Waals surface area contributed by atoms with Gasteiger partial charge in [0.1, 0.15) is 5.82 Å². The number of aromatic nitrogens is 2. The largest absolute Gasteiger partial charge is 0.241 e. The Bertz CT molecular complexity index is 472. The number of hydrogen-bond donors (Lipinski definition) is 0. The zero-order chi connectivity index (χ0) is 10.8. The van der Waals surface area contributed by atoms with Crippen molar-refractivity contribution in [1.82, 2.24) is 9.97 Å². The molecule has 0 unspecified atom stereocenters. The van der Waals surface area contributed by atoms with Crippen molar-refractivity contribution in [3.63, 3.8) is 0 Å². The summed E-state index contributed by atoms with van der Waals surface area (Å²) >= 11 is 0. The van der Waals surface area contributed by atoms with E-state index in [-0.39, 0.29) is 0 Å². The molecule has 2 heteroatoms. The highest BCUT2D eigenvalue weighted by Gasteiger charge is 2.03. The molecule has 0 saturated heterocycles. The first-order valence-corrected chi connectivity index (χ1v) is 5.04. The van der Waals surface area contributed by atoms with E-state index in [2.05, 4.69) is 41.2 Å². The zero-order valence-corrected chi connectivity index (χ0v) is 9.28. The standard InChI is InChI=1S/C13H14N2/c1-9-4-6-12(7-5-9)13-8-14-11(3)15-10(13)2/h4-8H,1-3H3. The Balaban J connectivity index is 2.49. The quantitative estimate of drug-likeness (QED) is 0.703. The maximum absolute atomic E-state index is 4.36. The van der Waals surface area contributed by atoms with Crippen molar-refractivity contribution in [2.75, 3.05) is 0 Å². The van der Waals surface area contributed by atoms with E-state index < -0.39 is 0 Å². The topological polar surface area (TPSA) is 25.8 Å². The normalized spacial score (nSPS) is 10.3.